The van der Waals surface area contributed by atoms with Crippen molar-refractivity contribution in [2.45, 2.75) is 0 Å². The van der Waals surface area contributed by atoms with Crippen LogP contribution in [0.25, 0.3) is 0 Å². The van der Waals surface area contributed by atoms with E-state index < -0.39 is 0 Å². The summed E-state index contributed by atoms with van der Waals surface area (Å²) in [7, 11) is 5.63. The highest BCUT2D eigenvalue weighted by Crippen LogP contribution is 1.98. The second-order valence-corrected chi connectivity index (χ2v) is 4.49. The normalized spacial score (nSPS) is 18.7. The van der Waals surface area contributed by atoms with Gasteiger partial charge in [0.15, 0.2) is 0 Å². The molecule has 0 bridgehead atoms. The fourth-order valence-corrected chi connectivity index (χ4v) is 1.55. The topological polar surface area (TPSA) is 36.0 Å². The summed E-state index contributed by atoms with van der Waals surface area (Å²) in [4.78, 5) is 17.5. The molecule has 0 N–H and O–H groups in total. The van der Waals surface area contributed by atoms with Crippen molar-refractivity contribution in [1.29, 1.82) is 0 Å². The van der Waals surface area contributed by atoms with E-state index in [4.69, 9.17) is 4.74 Å². The van der Waals surface area contributed by atoms with Crippen molar-refractivity contribution in [1.82, 2.24) is 14.7 Å². The van der Waals surface area contributed by atoms with E-state index in [0.29, 0.717) is 6.61 Å². The molecule has 0 unspecified atom stereocenters. The molecule has 16 heavy (non-hydrogen) atoms. The van der Waals surface area contributed by atoms with Gasteiger partial charge in [-0.1, -0.05) is 0 Å². The predicted octanol–water partition coefficient (Wildman–Crippen LogP) is -0.661. The Bertz CT molecular complexity index is 213. The molecular weight excluding hydrogens is 206 g/mol. The Balaban J connectivity index is 2.01. The summed E-state index contributed by atoms with van der Waals surface area (Å²) < 4.78 is 5.34. The van der Waals surface area contributed by atoms with Crippen molar-refractivity contribution < 1.29 is 9.53 Å². The molecular formula is C11H23N3O2. The van der Waals surface area contributed by atoms with Gasteiger partial charge in [-0.15, -0.1) is 0 Å². The molecule has 5 heteroatoms. The first-order valence-corrected chi connectivity index (χ1v) is 5.78. The number of rotatable bonds is 5. The van der Waals surface area contributed by atoms with Crippen molar-refractivity contribution in [3.63, 3.8) is 0 Å². The summed E-state index contributed by atoms with van der Waals surface area (Å²) in [6.07, 6.45) is 0. The number of amides is 1. The van der Waals surface area contributed by atoms with Crippen LogP contribution in [0.5, 0.6) is 0 Å². The van der Waals surface area contributed by atoms with Gasteiger partial charge in [0, 0.05) is 46.8 Å². The Morgan fingerprint density at radius 2 is 1.88 bits per heavy atom. The first kappa shape index (κ1) is 13.4. The quantitative estimate of drug-likeness (QED) is 0.586. The number of ether oxygens (including phenoxy) is 1. The van der Waals surface area contributed by atoms with Gasteiger partial charge in [0.05, 0.1) is 6.61 Å². The van der Waals surface area contributed by atoms with E-state index in [1.807, 2.05) is 0 Å². The van der Waals surface area contributed by atoms with Gasteiger partial charge in [-0.25, -0.2) is 0 Å². The molecule has 1 saturated heterocycles. The summed E-state index contributed by atoms with van der Waals surface area (Å²) in [5, 5.41) is 0. The molecule has 1 fully saturated rings. The monoisotopic (exact) mass is 229 g/mol. The van der Waals surface area contributed by atoms with Gasteiger partial charge < -0.3 is 14.5 Å². The zero-order chi connectivity index (χ0) is 12.0. The lowest BCUT2D eigenvalue weighted by molar-refractivity contribution is -0.133. The van der Waals surface area contributed by atoms with E-state index >= 15 is 0 Å². The maximum absolute atomic E-state index is 11.2. The third-order valence-electron chi connectivity index (χ3n) is 2.87. The Labute approximate surface area is 97.9 Å². The SMILES string of the molecule is CN1CCN(CCOCC(=O)N(C)C)CC1. The highest BCUT2D eigenvalue weighted by atomic mass is 16.5. The molecule has 0 radical (unpaired) electrons. The van der Waals surface area contributed by atoms with Crippen LogP contribution in [0.15, 0.2) is 0 Å². The lowest BCUT2D eigenvalue weighted by atomic mass is 10.3. The van der Waals surface area contributed by atoms with Crippen LogP contribution in [0.3, 0.4) is 0 Å². The van der Waals surface area contributed by atoms with Crippen LogP contribution >= 0.6 is 0 Å². The highest BCUT2D eigenvalue weighted by Gasteiger charge is 2.13. The smallest absolute Gasteiger partial charge is 0.248 e. The van der Waals surface area contributed by atoms with Crippen LogP contribution in [-0.4, -0.2) is 87.7 Å². The van der Waals surface area contributed by atoms with Crippen LogP contribution in [0.2, 0.25) is 0 Å². The maximum atomic E-state index is 11.2. The van der Waals surface area contributed by atoms with Crippen LogP contribution < -0.4 is 0 Å². The summed E-state index contributed by atoms with van der Waals surface area (Å²) >= 11 is 0. The Morgan fingerprint density at radius 1 is 1.25 bits per heavy atom. The summed E-state index contributed by atoms with van der Waals surface area (Å²) in [5.41, 5.74) is 0. The number of carbonyl (C=O) groups excluding carboxylic acids is 1. The van der Waals surface area contributed by atoms with Crippen LogP contribution in [0, 0.1) is 0 Å². The van der Waals surface area contributed by atoms with Crippen molar-refractivity contribution in [2.75, 3.05) is 67.1 Å². The van der Waals surface area contributed by atoms with Crippen molar-refractivity contribution in [3.05, 3.63) is 0 Å². The molecule has 0 spiro atoms. The van der Waals surface area contributed by atoms with Gasteiger partial charge in [0.1, 0.15) is 6.61 Å². The number of nitrogens with zero attached hydrogens (tertiary/aromatic N) is 3. The van der Waals surface area contributed by atoms with E-state index in [-0.39, 0.29) is 12.5 Å². The van der Waals surface area contributed by atoms with Crippen LogP contribution in [0.1, 0.15) is 0 Å². The fraction of sp³-hybridized carbons (Fsp3) is 0.909. The second kappa shape index (κ2) is 6.83. The van der Waals surface area contributed by atoms with Gasteiger partial charge in [-0.05, 0) is 7.05 Å². The van der Waals surface area contributed by atoms with E-state index in [1.165, 1.54) is 0 Å². The number of hydrogen-bond donors (Lipinski definition) is 0. The molecule has 5 nitrogen and oxygen atoms in total. The third-order valence-corrected chi connectivity index (χ3v) is 2.87. The molecule has 0 atom stereocenters. The molecule has 0 aromatic heterocycles. The Kier molecular flexibility index (Phi) is 5.73. The summed E-state index contributed by atoms with van der Waals surface area (Å²) in [6, 6.07) is 0. The first-order chi connectivity index (χ1) is 7.59. The van der Waals surface area contributed by atoms with Crippen molar-refractivity contribution >= 4 is 5.91 Å². The minimum Gasteiger partial charge on any atom is -0.370 e. The van der Waals surface area contributed by atoms with E-state index in [2.05, 4.69) is 16.8 Å². The summed E-state index contributed by atoms with van der Waals surface area (Å²) in [6.45, 7) is 6.20. The lowest BCUT2D eigenvalue weighted by Crippen LogP contribution is -2.45. The molecule has 0 aromatic rings. The van der Waals surface area contributed by atoms with Crippen LogP contribution in [-0.2, 0) is 9.53 Å². The Morgan fingerprint density at radius 3 is 2.44 bits per heavy atom. The fourth-order valence-electron chi connectivity index (χ4n) is 1.55. The van der Waals surface area contributed by atoms with E-state index in [1.54, 1.807) is 19.0 Å². The number of piperazine rings is 1. The molecule has 0 aromatic carbocycles. The van der Waals surface area contributed by atoms with Gasteiger partial charge in [-0.3, -0.25) is 9.69 Å². The summed E-state index contributed by atoms with van der Waals surface area (Å²) in [5.74, 6) is 0.0263. The number of likely N-dealkylation sites (N-methyl/N-ethyl adjacent to an activating group) is 2. The molecule has 1 aliphatic rings. The van der Waals surface area contributed by atoms with Crippen LogP contribution in [0.4, 0.5) is 0 Å². The second-order valence-electron chi connectivity index (χ2n) is 4.49. The van der Waals surface area contributed by atoms with E-state index in [9.17, 15) is 4.79 Å². The minimum atomic E-state index is 0.0263. The zero-order valence-electron chi connectivity index (χ0n) is 10.6. The highest BCUT2D eigenvalue weighted by molar-refractivity contribution is 5.76. The third kappa shape index (κ3) is 4.92. The van der Waals surface area contributed by atoms with Crippen molar-refractivity contribution in [2.24, 2.45) is 0 Å². The number of carbonyl (C=O) groups is 1. The molecule has 0 aliphatic carbocycles. The van der Waals surface area contributed by atoms with Gasteiger partial charge >= 0.3 is 0 Å². The molecule has 1 rings (SSSR count). The maximum Gasteiger partial charge on any atom is 0.248 e. The zero-order valence-corrected chi connectivity index (χ0v) is 10.6. The Hall–Kier alpha value is -0.650. The lowest BCUT2D eigenvalue weighted by Gasteiger charge is -2.32. The van der Waals surface area contributed by atoms with Gasteiger partial charge in [0.25, 0.3) is 0 Å². The molecule has 1 aliphatic heterocycles. The first-order valence-electron chi connectivity index (χ1n) is 5.78. The average molecular weight is 229 g/mol. The van der Waals surface area contributed by atoms with Gasteiger partial charge in [0.2, 0.25) is 5.91 Å². The van der Waals surface area contributed by atoms with E-state index in [0.717, 1.165) is 32.7 Å². The van der Waals surface area contributed by atoms with Crippen molar-refractivity contribution in [3.8, 4) is 0 Å². The molecule has 1 heterocycles. The molecule has 0 saturated carbocycles. The standard InChI is InChI=1S/C11H23N3O2/c1-12(2)11(15)10-16-9-8-14-6-4-13(3)5-7-14/h4-10H2,1-3H3. The average Bonchev–Trinajstić information content (AvgIpc) is 2.26. The van der Waals surface area contributed by atoms with Gasteiger partial charge in [-0.2, -0.15) is 0 Å². The number of hydrogen-bond acceptors (Lipinski definition) is 4. The molecule has 94 valence electrons. The largest absolute Gasteiger partial charge is 0.370 e. The molecule has 1 amide bonds. The predicted molar refractivity (Wildman–Crippen MR) is 63.5 cm³/mol. The minimum absolute atomic E-state index is 0.0263.